The van der Waals surface area contributed by atoms with E-state index in [4.69, 9.17) is 0 Å². The van der Waals surface area contributed by atoms with Crippen LogP contribution in [0.4, 0.5) is 0 Å². The zero-order valence-electron chi connectivity index (χ0n) is 16.6. The van der Waals surface area contributed by atoms with E-state index in [-0.39, 0.29) is 0 Å². The van der Waals surface area contributed by atoms with E-state index in [0.717, 1.165) is 25.5 Å². The van der Waals surface area contributed by atoms with E-state index in [0.29, 0.717) is 5.92 Å². The first-order chi connectivity index (χ1) is 13.2. The van der Waals surface area contributed by atoms with E-state index in [9.17, 15) is 0 Å². The molecule has 0 saturated carbocycles. The van der Waals surface area contributed by atoms with Crippen LogP contribution in [0.2, 0.25) is 0 Å². The maximum atomic E-state index is 4.60. The Morgan fingerprint density at radius 3 is 2.44 bits per heavy atom. The lowest BCUT2D eigenvalue weighted by atomic mass is 9.96. The molecule has 5 nitrogen and oxygen atoms in total. The first-order valence-corrected chi connectivity index (χ1v) is 11.4. The zero-order valence-corrected chi connectivity index (χ0v) is 17.4. The normalized spacial score (nSPS) is 21.8. The fraction of sp³-hybridized carbons (Fsp3) is 0.619. The van der Waals surface area contributed by atoms with Gasteiger partial charge in [0.05, 0.1) is 6.54 Å². The number of benzene rings is 1. The second kappa shape index (κ2) is 8.76. The van der Waals surface area contributed by atoms with Gasteiger partial charge in [-0.05, 0) is 69.3 Å². The summed E-state index contributed by atoms with van der Waals surface area (Å²) in [6.45, 7) is 6.65. The standard InChI is InChI=1S/C21H31N5S/c1-24-20(16-25-11-3-4-12-25)22-23-21(24)18-6-5-13-26(15-18)14-17-7-9-19(27-2)10-8-17/h7-10,18H,3-6,11-16H2,1-2H3/t18-/m0/s1. The molecule has 3 heterocycles. The van der Waals surface area contributed by atoms with Gasteiger partial charge in [-0.15, -0.1) is 22.0 Å². The number of hydrogen-bond acceptors (Lipinski definition) is 5. The van der Waals surface area contributed by atoms with Crippen molar-refractivity contribution in [3.63, 3.8) is 0 Å². The Morgan fingerprint density at radius 1 is 0.963 bits per heavy atom. The Kier molecular flexibility index (Phi) is 6.15. The van der Waals surface area contributed by atoms with Crippen LogP contribution in [-0.2, 0) is 20.1 Å². The van der Waals surface area contributed by atoms with Crippen molar-refractivity contribution in [3.8, 4) is 0 Å². The monoisotopic (exact) mass is 385 g/mol. The number of rotatable bonds is 6. The molecule has 146 valence electrons. The van der Waals surface area contributed by atoms with Crippen LogP contribution in [0, 0.1) is 0 Å². The quantitative estimate of drug-likeness (QED) is 0.711. The van der Waals surface area contributed by atoms with E-state index in [1.54, 1.807) is 11.8 Å². The van der Waals surface area contributed by atoms with E-state index in [2.05, 4.69) is 62.1 Å². The lowest BCUT2D eigenvalue weighted by molar-refractivity contribution is 0.195. The number of likely N-dealkylation sites (tertiary alicyclic amines) is 2. The minimum absolute atomic E-state index is 0.494. The topological polar surface area (TPSA) is 37.2 Å². The van der Waals surface area contributed by atoms with Crippen molar-refractivity contribution in [3.05, 3.63) is 41.5 Å². The number of nitrogens with zero attached hydrogens (tertiary/aromatic N) is 5. The Morgan fingerprint density at radius 2 is 1.70 bits per heavy atom. The molecule has 2 fully saturated rings. The molecule has 4 rings (SSSR count). The molecule has 0 amide bonds. The third kappa shape index (κ3) is 4.55. The highest BCUT2D eigenvalue weighted by molar-refractivity contribution is 7.98. The molecule has 2 aromatic rings. The molecule has 6 heteroatoms. The molecule has 0 radical (unpaired) electrons. The molecule has 0 unspecified atom stereocenters. The van der Waals surface area contributed by atoms with Crippen molar-refractivity contribution in [1.29, 1.82) is 0 Å². The maximum Gasteiger partial charge on any atom is 0.146 e. The van der Waals surface area contributed by atoms with Crippen LogP contribution in [0.25, 0.3) is 0 Å². The Hall–Kier alpha value is -1.37. The van der Waals surface area contributed by atoms with Gasteiger partial charge in [-0.3, -0.25) is 9.80 Å². The average molecular weight is 386 g/mol. The van der Waals surface area contributed by atoms with Gasteiger partial charge >= 0.3 is 0 Å². The van der Waals surface area contributed by atoms with Crippen molar-refractivity contribution < 1.29 is 0 Å². The SMILES string of the molecule is CSc1ccc(CN2CCC[C@H](c3nnc(CN4CCCC4)n3C)C2)cc1. The largest absolute Gasteiger partial charge is 0.317 e. The number of aromatic nitrogens is 3. The van der Waals surface area contributed by atoms with Gasteiger partial charge in [0.2, 0.25) is 0 Å². The molecule has 2 aliphatic heterocycles. The predicted octanol–water partition coefficient (Wildman–Crippen LogP) is 3.51. The molecule has 27 heavy (non-hydrogen) atoms. The van der Waals surface area contributed by atoms with Crippen LogP contribution in [0.15, 0.2) is 29.2 Å². The van der Waals surface area contributed by atoms with Gasteiger partial charge in [0, 0.05) is 31.0 Å². The summed E-state index contributed by atoms with van der Waals surface area (Å²) in [6, 6.07) is 9.00. The van der Waals surface area contributed by atoms with Crippen LogP contribution >= 0.6 is 11.8 Å². The first kappa shape index (κ1) is 19.0. The first-order valence-electron chi connectivity index (χ1n) is 10.2. The van der Waals surface area contributed by atoms with Crippen LogP contribution in [0.1, 0.15) is 48.8 Å². The van der Waals surface area contributed by atoms with Crippen LogP contribution < -0.4 is 0 Å². The fourth-order valence-corrected chi connectivity index (χ4v) is 4.82. The number of thioether (sulfide) groups is 1. The van der Waals surface area contributed by atoms with Crippen molar-refractivity contribution in [2.24, 2.45) is 7.05 Å². The molecule has 1 aromatic carbocycles. The average Bonchev–Trinajstić information content (AvgIpc) is 3.33. The van der Waals surface area contributed by atoms with E-state index in [1.165, 1.54) is 61.6 Å². The molecule has 0 aliphatic carbocycles. The summed E-state index contributed by atoms with van der Waals surface area (Å²) < 4.78 is 2.26. The molecule has 2 saturated heterocycles. The smallest absolute Gasteiger partial charge is 0.146 e. The highest BCUT2D eigenvalue weighted by Gasteiger charge is 2.26. The van der Waals surface area contributed by atoms with Crippen LogP contribution in [-0.4, -0.2) is 57.0 Å². The van der Waals surface area contributed by atoms with Crippen molar-refractivity contribution >= 4 is 11.8 Å². The number of hydrogen-bond donors (Lipinski definition) is 0. The van der Waals surface area contributed by atoms with Gasteiger partial charge in [0.1, 0.15) is 11.6 Å². The molecule has 0 spiro atoms. The minimum atomic E-state index is 0.494. The zero-order chi connectivity index (χ0) is 18.6. The minimum Gasteiger partial charge on any atom is -0.317 e. The lowest BCUT2D eigenvalue weighted by Crippen LogP contribution is -2.35. The second-order valence-corrected chi connectivity index (χ2v) is 8.82. The summed E-state index contributed by atoms with van der Waals surface area (Å²) in [7, 11) is 2.15. The lowest BCUT2D eigenvalue weighted by Gasteiger charge is -2.32. The highest BCUT2D eigenvalue weighted by atomic mass is 32.2. The summed E-state index contributed by atoms with van der Waals surface area (Å²) in [6.07, 6.45) is 7.23. The third-order valence-electron chi connectivity index (χ3n) is 6.00. The Balaban J connectivity index is 1.39. The van der Waals surface area contributed by atoms with E-state index >= 15 is 0 Å². The van der Waals surface area contributed by atoms with Gasteiger partial charge in [0.25, 0.3) is 0 Å². The molecule has 1 aromatic heterocycles. The van der Waals surface area contributed by atoms with Crippen molar-refractivity contribution in [2.45, 2.75) is 49.6 Å². The van der Waals surface area contributed by atoms with Gasteiger partial charge in [0.15, 0.2) is 0 Å². The molecule has 1 atom stereocenters. The van der Waals surface area contributed by atoms with Gasteiger partial charge in [-0.25, -0.2) is 0 Å². The van der Waals surface area contributed by atoms with Gasteiger partial charge in [-0.2, -0.15) is 0 Å². The summed E-state index contributed by atoms with van der Waals surface area (Å²) in [4.78, 5) is 6.41. The van der Waals surface area contributed by atoms with Crippen LogP contribution in [0.5, 0.6) is 0 Å². The second-order valence-electron chi connectivity index (χ2n) is 7.94. The molecule has 0 N–H and O–H groups in total. The third-order valence-corrected chi connectivity index (χ3v) is 6.74. The predicted molar refractivity (Wildman–Crippen MR) is 111 cm³/mol. The molecule has 2 aliphatic rings. The Labute approximate surface area is 167 Å². The van der Waals surface area contributed by atoms with Crippen molar-refractivity contribution in [1.82, 2.24) is 24.6 Å². The van der Waals surface area contributed by atoms with E-state index < -0.39 is 0 Å². The summed E-state index contributed by atoms with van der Waals surface area (Å²) in [5.74, 6) is 2.79. The number of piperidine rings is 1. The molecule has 0 bridgehead atoms. The highest BCUT2D eigenvalue weighted by Crippen LogP contribution is 2.27. The fourth-order valence-electron chi connectivity index (χ4n) is 4.41. The molecular weight excluding hydrogens is 354 g/mol. The van der Waals surface area contributed by atoms with Gasteiger partial charge in [-0.1, -0.05) is 12.1 Å². The van der Waals surface area contributed by atoms with Gasteiger partial charge < -0.3 is 4.57 Å². The maximum absolute atomic E-state index is 4.60. The van der Waals surface area contributed by atoms with E-state index in [1.807, 2.05) is 0 Å². The summed E-state index contributed by atoms with van der Waals surface area (Å²) >= 11 is 1.80. The van der Waals surface area contributed by atoms with Crippen molar-refractivity contribution in [2.75, 3.05) is 32.4 Å². The Bertz CT molecular complexity index is 736. The molecular formula is C21H31N5S. The summed E-state index contributed by atoms with van der Waals surface area (Å²) in [5.41, 5.74) is 1.40. The van der Waals surface area contributed by atoms with Crippen LogP contribution in [0.3, 0.4) is 0 Å². The summed E-state index contributed by atoms with van der Waals surface area (Å²) in [5, 5.41) is 9.14.